The van der Waals surface area contributed by atoms with E-state index in [-0.39, 0.29) is 17.3 Å². The van der Waals surface area contributed by atoms with Crippen LogP contribution in [0, 0.1) is 10.1 Å². The van der Waals surface area contributed by atoms with Gasteiger partial charge in [0, 0.05) is 25.1 Å². The molecule has 88 valence electrons. The molecule has 1 aromatic rings. The predicted molar refractivity (Wildman–Crippen MR) is 65.2 cm³/mol. The molecule has 0 spiro atoms. The van der Waals surface area contributed by atoms with Gasteiger partial charge in [-0.1, -0.05) is 23.8 Å². The van der Waals surface area contributed by atoms with Crippen LogP contribution in [-0.2, 0) is 4.79 Å². The van der Waals surface area contributed by atoms with Crippen LogP contribution in [0.25, 0.3) is 6.08 Å². The molecule has 1 aliphatic heterocycles. The zero-order chi connectivity index (χ0) is 12.6. The van der Waals surface area contributed by atoms with Gasteiger partial charge in [0.2, 0.25) is 5.91 Å². The topological polar surface area (TPSA) is 63.5 Å². The molecule has 0 aliphatic carbocycles. The van der Waals surface area contributed by atoms with Crippen LogP contribution in [-0.4, -0.2) is 17.4 Å². The van der Waals surface area contributed by atoms with Crippen molar-refractivity contribution in [3.05, 3.63) is 38.9 Å². The van der Waals surface area contributed by atoms with E-state index >= 15 is 0 Å². The lowest BCUT2D eigenvalue weighted by Crippen LogP contribution is -2.31. The van der Waals surface area contributed by atoms with Crippen molar-refractivity contribution in [3.8, 4) is 0 Å². The quantitative estimate of drug-likeness (QED) is 0.570. The largest absolute Gasteiger partial charge is 0.302 e. The summed E-state index contributed by atoms with van der Waals surface area (Å²) in [6.45, 7) is 1.69. The normalized spacial score (nSPS) is 13.4. The van der Waals surface area contributed by atoms with Gasteiger partial charge < -0.3 is 4.90 Å². The van der Waals surface area contributed by atoms with Crippen molar-refractivity contribution < 1.29 is 9.72 Å². The molecule has 1 heterocycles. The number of hydrogen-bond donors (Lipinski definition) is 0. The Morgan fingerprint density at radius 2 is 2.24 bits per heavy atom. The van der Waals surface area contributed by atoms with Crippen LogP contribution in [0.1, 0.15) is 12.5 Å². The summed E-state index contributed by atoms with van der Waals surface area (Å²) >= 11 is 5.98. The Labute approximate surface area is 102 Å². The van der Waals surface area contributed by atoms with Crippen LogP contribution in [0.15, 0.2) is 18.2 Å². The minimum atomic E-state index is -0.510. The molecule has 1 aromatic carbocycles. The fraction of sp³-hybridized carbons (Fsp3) is 0.182. The highest BCUT2D eigenvalue weighted by Gasteiger charge is 2.27. The molecule has 0 unspecified atom stereocenters. The Hall–Kier alpha value is -1.88. The molecule has 17 heavy (non-hydrogen) atoms. The first-order valence-electron chi connectivity index (χ1n) is 4.94. The summed E-state index contributed by atoms with van der Waals surface area (Å²) in [6, 6.07) is 2.78. The number of nitro benzene ring substituents is 1. The Balaban J connectivity index is 2.72. The van der Waals surface area contributed by atoms with Gasteiger partial charge in [0.05, 0.1) is 9.95 Å². The van der Waals surface area contributed by atoms with Crippen molar-refractivity contribution >= 4 is 35.0 Å². The Kier molecular flexibility index (Phi) is 2.85. The van der Waals surface area contributed by atoms with Gasteiger partial charge in [-0.3, -0.25) is 14.9 Å². The lowest BCUT2D eigenvalue weighted by molar-refractivity contribution is -0.384. The molecule has 2 rings (SSSR count). The summed E-state index contributed by atoms with van der Waals surface area (Å²) in [7, 11) is 0. The van der Waals surface area contributed by atoms with Gasteiger partial charge in [-0.25, -0.2) is 0 Å². The number of carbonyl (C=O) groups is 1. The number of rotatable bonds is 1. The van der Waals surface area contributed by atoms with Crippen LogP contribution in [0.5, 0.6) is 0 Å². The third kappa shape index (κ3) is 1.89. The second-order valence-electron chi connectivity index (χ2n) is 3.62. The average molecular weight is 253 g/mol. The van der Waals surface area contributed by atoms with Crippen molar-refractivity contribution in [3.63, 3.8) is 0 Å². The van der Waals surface area contributed by atoms with Gasteiger partial charge in [-0.15, -0.1) is 0 Å². The number of carbonyl (C=O) groups excluding carboxylic acids is 1. The third-order valence-electron chi connectivity index (χ3n) is 2.56. The summed E-state index contributed by atoms with van der Waals surface area (Å²) < 4.78 is 0. The van der Waals surface area contributed by atoms with Crippen LogP contribution in [0.3, 0.4) is 0 Å². The van der Waals surface area contributed by atoms with E-state index in [1.54, 1.807) is 12.2 Å². The number of amides is 1. The van der Waals surface area contributed by atoms with Gasteiger partial charge in [0.15, 0.2) is 0 Å². The maximum absolute atomic E-state index is 11.5. The second kappa shape index (κ2) is 4.18. The van der Waals surface area contributed by atoms with Gasteiger partial charge in [0.1, 0.15) is 5.69 Å². The summed E-state index contributed by atoms with van der Waals surface area (Å²) in [6.07, 6.45) is 3.45. The maximum atomic E-state index is 11.5. The molecule has 0 saturated heterocycles. The molecule has 0 saturated carbocycles. The number of benzene rings is 1. The van der Waals surface area contributed by atoms with Gasteiger partial charge >= 0.3 is 0 Å². The predicted octanol–water partition coefficient (Wildman–Crippen LogP) is 2.63. The number of nitro groups is 1. The van der Waals surface area contributed by atoms with Crippen molar-refractivity contribution in [2.24, 2.45) is 0 Å². The third-order valence-corrected chi connectivity index (χ3v) is 2.89. The van der Waals surface area contributed by atoms with E-state index in [4.69, 9.17) is 11.6 Å². The Morgan fingerprint density at radius 3 is 2.82 bits per heavy atom. The smallest absolute Gasteiger partial charge is 0.293 e. The van der Waals surface area contributed by atoms with Crippen LogP contribution < -0.4 is 4.90 Å². The molecule has 0 bridgehead atoms. The lowest BCUT2D eigenvalue weighted by Gasteiger charge is -2.25. The fourth-order valence-corrected chi connectivity index (χ4v) is 2.03. The van der Waals surface area contributed by atoms with Crippen molar-refractivity contribution in [1.29, 1.82) is 0 Å². The SMILES string of the molecule is CC(=O)N1CC=Cc2c(Cl)ccc([N+](=O)[O-])c21. The van der Waals surface area contributed by atoms with Gasteiger partial charge in [0.25, 0.3) is 5.69 Å². The first kappa shape index (κ1) is 11.6. The van der Waals surface area contributed by atoms with E-state index in [0.29, 0.717) is 17.1 Å². The van der Waals surface area contributed by atoms with E-state index < -0.39 is 4.92 Å². The van der Waals surface area contributed by atoms with Crippen LogP contribution >= 0.6 is 11.6 Å². The number of anilines is 1. The zero-order valence-electron chi connectivity index (χ0n) is 9.01. The second-order valence-corrected chi connectivity index (χ2v) is 4.03. The molecule has 0 aromatic heterocycles. The van der Waals surface area contributed by atoms with Crippen molar-refractivity contribution in [2.45, 2.75) is 6.92 Å². The van der Waals surface area contributed by atoms with Crippen LogP contribution in [0.2, 0.25) is 5.02 Å². The Bertz CT molecular complexity index is 540. The summed E-state index contributed by atoms with van der Waals surface area (Å²) in [5.41, 5.74) is 0.684. The van der Waals surface area contributed by atoms with E-state index in [1.807, 2.05) is 0 Å². The van der Waals surface area contributed by atoms with Crippen molar-refractivity contribution in [2.75, 3.05) is 11.4 Å². The van der Waals surface area contributed by atoms with Crippen molar-refractivity contribution in [1.82, 2.24) is 0 Å². The van der Waals surface area contributed by atoms with E-state index in [0.717, 1.165) is 0 Å². The van der Waals surface area contributed by atoms with Gasteiger partial charge in [-0.2, -0.15) is 0 Å². The van der Waals surface area contributed by atoms with E-state index in [1.165, 1.54) is 24.0 Å². The molecule has 0 radical (unpaired) electrons. The Morgan fingerprint density at radius 1 is 1.53 bits per heavy atom. The lowest BCUT2D eigenvalue weighted by atomic mass is 10.1. The molecular formula is C11H9ClN2O3. The summed E-state index contributed by atoms with van der Waals surface area (Å²) in [4.78, 5) is 23.3. The molecule has 0 atom stereocenters. The fourth-order valence-electron chi connectivity index (χ4n) is 1.81. The van der Waals surface area contributed by atoms with E-state index in [9.17, 15) is 14.9 Å². The first-order valence-corrected chi connectivity index (χ1v) is 5.31. The molecule has 0 N–H and O–H groups in total. The highest BCUT2D eigenvalue weighted by atomic mass is 35.5. The average Bonchev–Trinajstić information content (AvgIpc) is 2.28. The molecule has 6 heteroatoms. The number of nitrogens with zero attached hydrogens (tertiary/aromatic N) is 2. The molecule has 1 aliphatic rings. The highest BCUT2D eigenvalue weighted by molar-refractivity contribution is 6.33. The molecular weight excluding hydrogens is 244 g/mol. The summed E-state index contributed by atoms with van der Waals surface area (Å²) in [5.74, 6) is -0.249. The van der Waals surface area contributed by atoms with Crippen LogP contribution in [0.4, 0.5) is 11.4 Å². The number of fused-ring (bicyclic) bond motifs is 1. The molecule has 5 nitrogen and oxygen atoms in total. The first-order chi connectivity index (χ1) is 8.02. The molecule has 1 amide bonds. The minimum Gasteiger partial charge on any atom is -0.302 e. The van der Waals surface area contributed by atoms with E-state index in [2.05, 4.69) is 0 Å². The zero-order valence-corrected chi connectivity index (χ0v) is 9.77. The van der Waals surface area contributed by atoms with Gasteiger partial charge in [-0.05, 0) is 6.07 Å². The minimum absolute atomic E-state index is 0.107. The number of halogens is 1. The number of hydrogen-bond acceptors (Lipinski definition) is 3. The standard InChI is InChI=1S/C11H9ClN2O3/c1-7(15)13-6-2-3-8-9(12)4-5-10(11(8)13)14(16)17/h2-5H,6H2,1H3. The monoisotopic (exact) mass is 252 g/mol. The molecule has 0 fully saturated rings. The maximum Gasteiger partial charge on any atom is 0.293 e. The summed E-state index contributed by atoms with van der Waals surface area (Å²) in [5, 5.41) is 11.3. The highest BCUT2D eigenvalue weighted by Crippen LogP contribution is 2.39.